The van der Waals surface area contributed by atoms with Crippen LogP contribution >= 0.6 is 0 Å². The smallest absolute Gasteiger partial charge is 0.379 e. The molecule has 0 saturated heterocycles. The molecule has 0 fully saturated rings. The quantitative estimate of drug-likeness (QED) is 0.168. The Morgan fingerprint density at radius 1 is 0.708 bits per heavy atom. The zero-order chi connectivity index (χ0) is 18.7. The molecule has 24 heavy (non-hydrogen) atoms. The second-order valence-corrected chi connectivity index (χ2v) is 3.95. The highest BCUT2D eigenvalue weighted by atomic mass is 16.7. The minimum absolute atomic E-state index is 0.804. The summed E-state index contributed by atoms with van der Waals surface area (Å²) in [5.74, 6) is -3.96. The first kappa shape index (κ1) is 20.6. The average Bonchev–Trinajstić information content (AvgIpc) is 2.39. The van der Waals surface area contributed by atoms with Gasteiger partial charge in [-0.15, -0.1) is 0 Å². The van der Waals surface area contributed by atoms with Crippen LogP contribution in [0.15, 0.2) is 0 Å². The summed E-state index contributed by atoms with van der Waals surface area (Å²) in [5.41, 5.74) is 0. The molecule has 0 unspecified atom stereocenters. The molecule has 0 aromatic rings. The number of carbonyl (C=O) groups is 3. The maximum absolute atomic E-state index is 11.1. The van der Waals surface area contributed by atoms with Crippen LogP contribution < -0.4 is 0 Å². The second kappa shape index (κ2) is 10.4. The molecule has 0 heterocycles. The maximum Gasteiger partial charge on any atom is 0.379 e. The Kier molecular flexibility index (Phi) is 8.89. The van der Waals surface area contributed by atoms with Crippen molar-refractivity contribution in [2.45, 2.75) is 6.10 Å². The van der Waals surface area contributed by atoms with Gasteiger partial charge < -0.3 is 14.2 Å². The van der Waals surface area contributed by atoms with E-state index >= 15 is 0 Å². The van der Waals surface area contributed by atoms with Crippen LogP contribution in [0.4, 0.5) is 0 Å². The van der Waals surface area contributed by atoms with Crippen LogP contribution in [0, 0.1) is 30.3 Å². The Morgan fingerprint density at radius 2 is 1.04 bits per heavy atom. The molecule has 0 aliphatic rings. The molecule has 0 rings (SSSR count). The topological polar surface area (TPSA) is 208 Å². The number of carbonyl (C=O) groups excluding carboxylic acids is 3. The summed E-state index contributed by atoms with van der Waals surface area (Å²) in [6.07, 6.45) is -1.52. The fourth-order valence-corrected chi connectivity index (χ4v) is 1.12. The first-order valence-corrected chi connectivity index (χ1v) is 5.96. The molecule has 15 heteroatoms. The number of nitrogens with zero attached hydrogens (tertiary/aromatic N) is 3. The molecule has 0 spiro atoms. The van der Waals surface area contributed by atoms with Gasteiger partial charge in [0.05, 0.1) is 0 Å². The van der Waals surface area contributed by atoms with E-state index in [0.717, 1.165) is 0 Å². The summed E-state index contributed by atoms with van der Waals surface area (Å²) in [7, 11) is 0. The van der Waals surface area contributed by atoms with Crippen LogP contribution in [0.2, 0.25) is 0 Å². The molecule has 0 saturated carbocycles. The minimum Gasteiger partial charge on any atom is -0.457 e. The van der Waals surface area contributed by atoms with Crippen molar-refractivity contribution in [2.24, 2.45) is 0 Å². The van der Waals surface area contributed by atoms with Gasteiger partial charge in [0.1, 0.15) is 13.2 Å². The number of hydrogen-bond acceptors (Lipinski definition) is 12. The molecule has 0 aliphatic carbocycles. The van der Waals surface area contributed by atoms with Crippen LogP contribution in [0.1, 0.15) is 0 Å². The summed E-state index contributed by atoms with van der Waals surface area (Å²) < 4.78 is 13.3. The van der Waals surface area contributed by atoms with E-state index in [2.05, 4.69) is 14.2 Å². The van der Waals surface area contributed by atoms with Gasteiger partial charge in [-0.3, -0.25) is 30.3 Å². The minimum atomic E-state index is -1.52. The van der Waals surface area contributed by atoms with Crippen LogP contribution in [0.25, 0.3) is 0 Å². The zero-order valence-corrected chi connectivity index (χ0v) is 11.9. The number of esters is 3. The molecule has 0 aromatic carbocycles. The molecular weight excluding hydrogens is 342 g/mol. The van der Waals surface area contributed by atoms with Crippen LogP contribution in [-0.4, -0.2) is 71.6 Å². The lowest BCUT2D eigenvalue weighted by molar-refractivity contribution is -0.471. The van der Waals surface area contributed by atoms with E-state index in [1.165, 1.54) is 0 Å². The largest absolute Gasteiger partial charge is 0.457 e. The summed E-state index contributed by atoms with van der Waals surface area (Å²) in [5, 5.41) is 30.3. The summed E-state index contributed by atoms with van der Waals surface area (Å²) >= 11 is 0. The van der Waals surface area contributed by atoms with Crippen molar-refractivity contribution in [2.75, 3.05) is 32.8 Å². The Hall–Kier alpha value is -3.39. The van der Waals surface area contributed by atoms with Crippen molar-refractivity contribution in [3.8, 4) is 0 Å². The molecule has 0 N–H and O–H groups in total. The van der Waals surface area contributed by atoms with Gasteiger partial charge in [0.15, 0.2) is 6.10 Å². The van der Waals surface area contributed by atoms with E-state index in [-0.39, 0.29) is 0 Å². The molecule has 0 aliphatic heterocycles. The van der Waals surface area contributed by atoms with Gasteiger partial charge in [-0.2, -0.15) is 0 Å². The van der Waals surface area contributed by atoms with Crippen molar-refractivity contribution in [1.82, 2.24) is 0 Å². The van der Waals surface area contributed by atoms with Gasteiger partial charge in [0.25, 0.3) is 19.6 Å². The number of rotatable bonds is 11. The van der Waals surface area contributed by atoms with Crippen molar-refractivity contribution >= 4 is 17.9 Å². The van der Waals surface area contributed by atoms with Gasteiger partial charge in [-0.25, -0.2) is 14.4 Å². The van der Waals surface area contributed by atoms with Crippen LogP contribution in [0.5, 0.6) is 0 Å². The first-order chi connectivity index (χ1) is 11.1. The standard InChI is InChI=1S/C9H11N3O12/c13-7(1-10(16)17)22-4-6(24-9(15)3-12(20)21)5-23-8(14)2-11(18)19/h6H,1-5H2. The Labute approximate surface area is 131 Å². The number of nitro groups is 3. The average molecular weight is 353 g/mol. The van der Waals surface area contributed by atoms with Crippen molar-refractivity contribution in [3.05, 3.63) is 30.3 Å². The van der Waals surface area contributed by atoms with E-state index in [0.29, 0.717) is 0 Å². The molecule has 134 valence electrons. The van der Waals surface area contributed by atoms with Crippen molar-refractivity contribution in [1.29, 1.82) is 0 Å². The van der Waals surface area contributed by atoms with Gasteiger partial charge in [0, 0.05) is 14.8 Å². The Morgan fingerprint density at radius 3 is 1.38 bits per heavy atom. The molecule has 0 bridgehead atoms. The fourth-order valence-electron chi connectivity index (χ4n) is 1.12. The molecule has 0 radical (unpaired) electrons. The number of ether oxygens (including phenoxy) is 3. The predicted octanol–water partition coefficient (Wildman–Crippen LogP) is -2.19. The fraction of sp³-hybridized carbons (Fsp3) is 0.667. The van der Waals surface area contributed by atoms with Gasteiger partial charge >= 0.3 is 17.9 Å². The van der Waals surface area contributed by atoms with Crippen LogP contribution in [-0.2, 0) is 28.6 Å². The van der Waals surface area contributed by atoms with Gasteiger partial charge in [-0.1, -0.05) is 0 Å². The highest BCUT2D eigenvalue weighted by Gasteiger charge is 2.24. The summed E-state index contributed by atoms with van der Waals surface area (Å²) in [6.45, 7) is -5.21. The van der Waals surface area contributed by atoms with Crippen molar-refractivity contribution < 1.29 is 43.4 Å². The molecule has 0 atom stereocenters. The lowest BCUT2D eigenvalue weighted by Crippen LogP contribution is -2.34. The highest BCUT2D eigenvalue weighted by Crippen LogP contribution is 1.99. The van der Waals surface area contributed by atoms with E-state index in [1.807, 2.05) is 0 Å². The van der Waals surface area contributed by atoms with Gasteiger partial charge in [0.2, 0.25) is 0 Å². The molecule has 15 nitrogen and oxygen atoms in total. The highest BCUT2D eigenvalue weighted by molar-refractivity contribution is 5.72. The third kappa shape index (κ3) is 11.3. The Bertz CT molecular complexity index is 500. The maximum atomic E-state index is 11.1. The summed E-state index contributed by atoms with van der Waals surface area (Å²) in [6, 6.07) is 0. The predicted molar refractivity (Wildman–Crippen MR) is 67.4 cm³/mol. The summed E-state index contributed by atoms with van der Waals surface area (Å²) in [4.78, 5) is 60.5. The lowest BCUT2D eigenvalue weighted by Gasteiger charge is -2.16. The van der Waals surface area contributed by atoms with E-state index < -0.39 is 71.6 Å². The zero-order valence-electron chi connectivity index (χ0n) is 11.9. The normalized spacial score (nSPS) is 9.88. The Balaban J connectivity index is 4.58. The second-order valence-electron chi connectivity index (χ2n) is 3.95. The monoisotopic (exact) mass is 353 g/mol. The molecular formula is C9H11N3O12. The first-order valence-electron chi connectivity index (χ1n) is 5.96. The van der Waals surface area contributed by atoms with E-state index in [4.69, 9.17) is 0 Å². The SMILES string of the molecule is O=C(C[N+](=O)[O-])OCC(COC(=O)C[N+](=O)[O-])OC(=O)C[N+](=O)[O-]. The third-order valence-electron chi connectivity index (χ3n) is 1.93. The number of hydrogen-bond donors (Lipinski definition) is 0. The molecule has 0 amide bonds. The van der Waals surface area contributed by atoms with E-state index in [1.54, 1.807) is 0 Å². The van der Waals surface area contributed by atoms with E-state index in [9.17, 15) is 44.7 Å². The third-order valence-corrected chi connectivity index (χ3v) is 1.93. The van der Waals surface area contributed by atoms with Gasteiger partial charge in [-0.05, 0) is 0 Å². The van der Waals surface area contributed by atoms with Crippen LogP contribution in [0.3, 0.4) is 0 Å². The van der Waals surface area contributed by atoms with Crippen molar-refractivity contribution in [3.63, 3.8) is 0 Å². The lowest BCUT2D eigenvalue weighted by atomic mass is 10.4. The molecule has 0 aromatic heterocycles.